The smallest absolute Gasteiger partial charge is 0.313 e. The van der Waals surface area contributed by atoms with Gasteiger partial charge in [0.05, 0.1) is 29.8 Å². The van der Waals surface area contributed by atoms with Gasteiger partial charge in [-0.1, -0.05) is 36.4 Å². The van der Waals surface area contributed by atoms with Gasteiger partial charge in [0.25, 0.3) is 5.91 Å². The Labute approximate surface area is 195 Å². The number of H-pyrrole nitrogens is 1. The molecule has 5 aromatic rings. The lowest BCUT2D eigenvalue weighted by Crippen LogP contribution is -2.32. The van der Waals surface area contributed by atoms with Crippen LogP contribution in [0.4, 0.5) is 0 Å². The maximum atomic E-state index is 13.1. The van der Waals surface area contributed by atoms with E-state index in [0.717, 1.165) is 54.7 Å². The van der Waals surface area contributed by atoms with Crippen molar-refractivity contribution in [2.75, 3.05) is 14.2 Å². The Bertz CT molecular complexity index is 1630. The number of nitrogens with zero attached hydrogens (tertiary/aromatic N) is 1. The number of ether oxygens (including phenoxy) is 2. The van der Waals surface area contributed by atoms with Gasteiger partial charge >= 0.3 is 5.97 Å². The highest BCUT2D eigenvalue weighted by molar-refractivity contribution is 6.30. The van der Waals surface area contributed by atoms with E-state index in [1.54, 1.807) is 7.11 Å². The van der Waals surface area contributed by atoms with Gasteiger partial charge in [-0.25, -0.2) is 0 Å². The normalized spacial score (nSPS) is 15.2. The molecule has 7 heteroatoms. The molecule has 2 aromatic heterocycles. The first-order valence-electron chi connectivity index (χ1n) is 11.4. The van der Waals surface area contributed by atoms with Gasteiger partial charge in [-0.15, -0.1) is 0 Å². The Hall–Kier alpha value is -3.84. The van der Waals surface area contributed by atoms with Gasteiger partial charge in [0.1, 0.15) is 5.92 Å². The number of esters is 1. The van der Waals surface area contributed by atoms with E-state index >= 15 is 0 Å². The number of hydrogen-bond acceptors (Lipinski definition) is 4. The summed E-state index contributed by atoms with van der Waals surface area (Å²) in [4.78, 5) is 29.5. The second-order valence-corrected chi connectivity index (χ2v) is 8.88. The second-order valence-electron chi connectivity index (χ2n) is 8.88. The monoisotopic (exact) mass is 455 g/mol. The van der Waals surface area contributed by atoms with Crippen molar-refractivity contribution in [1.82, 2.24) is 14.9 Å². The molecule has 0 saturated heterocycles. The number of hydrogen-bond donors (Lipinski definition) is 2. The summed E-state index contributed by atoms with van der Waals surface area (Å²) in [5.74, 6) is -0.910. The molecule has 7 nitrogen and oxygen atoms in total. The van der Waals surface area contributed by atoms with Crippen molar-refractivity contribution in [2.24, 2.45) is 5.92 Å². The summed E-state index contributed by atoms with van der Waals surface area (Å²) in [6.07, 6.45) is -0.348. The molecule has 2 atom stereocenters. The molecule has 1 aliphatic heterocycles. The van der Waals surface area contributed by atoms with Crippen molar-refractivity contribution in [3.63, 3.8) is 0 Å². The van der Waals surface area contributed by atoms with E-state index in [1.807, 2.05) is 43.3 Å². The van der Waals surface area contributed by atoms with Crippen LogP contribution in [-0.4, -0.2) is 41.8 Å². The number of aromatic amines is 1. The number of amides is 1. The van der Waals surface area contributed by atoms with E-state index < -0.39 is 5.92 Å². The first-order valence-corrected chi connectivity index (χ1v) is 11.4. The van der Waals surface area contributed by atoms with Crippen LogP contribution >= 0.6 is 0 Å². The molecule has 0 radical (unpaired) electrons. The van der Waals surface area contributed by atoms with E-state index in [1.165, 1.54) is 7.11 Å². The molecule has 3 heterocycles. The average Bonchev–Trinajstić information content (AvgIpc) is 3.53. The van der Waals surface area contributed by atoms with Gasteiger partial charge in [-0.3, -0.25) is 9.59 Å². The minimum absolute atomic E-state index is 0.0649. The van der Waals surface area contributed by atoms with Crippen molar-refractivity contribution in [1.29, 1.82) is 0 Å². The molecule has 1 aliphatic rings. The molecule has 2 N–H and O–H groups in total. The minimum atomic E-state index is -0.518. The van der Waals surface area contributed by atoms with Crippen LogP contribution in [0.5, 0.6) is 0 Å². The number of rotatable bonds is 5. The second kappa shape index (κ2) is 7.60. The van der Waals surface area contributed by atoms with E-state index in [4.69, 9.17) is 9.47 Å². The summed E-state index contributed by atoms with van der Waals surface area (Å²) < 4.78 is 12.8. The molecule has 172 valence electrons. The molecule has 3 aromatic carbocycles. The summed E-state index contributed by atoms with van der Waals surface area (Å²) >= 11 is 0. The number of carbonyl (C=O) groups excluding carboxylic acids is 2. The molecule has 0 spiro atoms. The minimum Gasteiger partial charge on any atom is -0.469 e. The van der Waals surface area contributed by atoms with Crippen LogP contribution < -0.4 is 5.32 Å². The molecule has 0 bridgehead atoms. The van der Waals surface area contributed by atoms with Gasteiger partial charge in [0.15, 0.2) is 0 Å². The number of aromatic nitrogens is 2. The number of fused-ring (bicyclic) bond motifs is 10. The fraction of sp³-hybridized carbons (Fsp3) is 0.259. The van der Waals surface area contributed by atoms with Crippen LogP contribution in [0.1, 0.15) is 22.8 Å². The topological polar surface area (TPSA) is 85.4 Å². The Morgan fingerprint density at radius 2 is 1.79 bits per heavy atom. The first-order chi connectivity index (χ1) is 16.5. The Morgan fingerprint density at radius 3 is 2.56 bits per heavy atom. The molecule has 6 rings (SSSR count). The zero-order chi connectivity index (χ0) is 23.6. The third-order valence-corrected chi connectivity index (χ3v) is 7.24. The number of methoxy groups -OCH3 is 2. The van der Waals surface area contributed by atoms with Crippen molar-refractivity contribution in [3.05, 3.63) is 59.7 Å². The first kappa shape index (κ1) is 20.7. The van der Waals surface area contributed by atoms with Gasteiger partial charge in [-0.05, 0) is 24.6 Å². The maximum Gasteiger partial charge on any atom is 0.313 e. The molecular formula is C27H25N3O4. The number of benzene rings is 3. The Balaban J connectivity index is 1.79. The van der Waals surface area contributed by atoms with Crippen LogP contribution in [0.15, 0.2) is 48.5 Å². The van der Waals surface area contributed by atoms with E-state index in [2.05, 4.69) is 27.0 Å². The van der Waals surface area contributed by atoms with E-state index in [9.17, 15) is 9.59 Å². The van der Waals surface area contributed by atoms with Crippen LogP contribution in [0.3, 0.4) is 0 Å². The van der Waals surface area contributed by atoms with Crippen LogP contribution in [0.2, 0.25) is 0 Å². The lowest BCUT2D eigenvalue weighted by atomic mass is 9.97. The fourth-order valence-electron chi connectivity index (χ4n) is 5.53. The number of nitrogens with one attached hydrogen (secondary N) is 2. The molecule has 1 amide bonds. The highest BCUT2D eigenvalue weighted by atomic mass is 16.5. The van der Waals surface area contributed by atoms with Gasteiger partial charge in [0.2, 0.25) is 0 Å². The Kier molecular flexibility index (Phi) is 4.64. The fourth-order valence-corrected chi connectivity index (χ4v) is 5.53. The SMILES string of the molecule is COC(=O)C(Cn1c2ccccc2c2c3c(c4c5ccccc5[nH]c4c21)CNC3=O)C(C)OC. The van der Waals surface area contributed by atoms with Crippen LogP contribution in [-0.2, 0) is 27.4 Å². The third kappa shape index (κ3) is 2.73. The third-order valence-electron chi connectivity index (χ3n) is 7.24. The summed E-state index contributed by atoms with van der Waals surface area (Å²) in [6, 6.07) is 16.2. The number of para-hydroxylation sites is 2. The predicted octanol–water partition coefficient (Wildman–Crippen LogP) is 4.50. The van der Waals surface area contributed by atoms with Crippen LogP contribution in [0.25, 0.3) is 43.6 Å². The van der Waals surface area contributed by atoms with Gasteiger partial charge in [0, 0.05) is 52.8 Å². The quantitative estimate of drug-likeness (QED) is 0.382. The zero-order valence-corrected chi connectivity index (χ0v) is 19.3. The lowest BCUT2D eigenvalue weighted by Gasteiger charge is -2.22. The van der Waals surface area contributed by atoms with Crippen molar-refractivity contribution < 1.29 is 19.1 Å². The summed E-state index contributed by atoms with van der Waals surface area (Å²) in [5.41, 5.74) is 5.59. The standard InChI is InChI=1S/C27H25N3O4/c1-14(33-2)18(27(32)34-3)13-30-20-11-7-5-9-16(20)22-23-17(12-28-26(23)31)21-15-8-4-6-10-19(15)29-24(21)25(22)30/h4-11,14,18,29H,12-13H2,1-3H3,(H,28,31). The predicted molar refractivity (Wildman–Crippen MR) is 132 cm³/mol. The van der Waals surface area contributed by atoms with E-state index in [-0.39, 0.29) is 18.0 Å². The summed E-state index contributed by atoms with van der Waals surface area (Å²) in [7, 11) is 3.00. The molecule has 34 heavy (non-hydrogen) atoms. The molecule has 0 fully saturated rings. The summed E-state index contributed by atoms with van der Waals surface area (Å²) in [6.45, 7) is 2.73. The highest BCUT2D eigenvalue weighted by Crippen LogP contribution is 2.43. The molecule has 0 saturated carbocycles. The number of carbonyl (C=O) groups is 2. The zero-order valence-electron chi connectivity index (χ0n) is 19.3. The highest BCUT2D eigenvalue weighted by Gasteiger charge is 2.33. The van der Waals surface area contributed by atoms with Crippen LogP contribution in [0, 0.1) is 5.92 Å². The molecule has 2 unspecified atom stereocenters. The van der Waals surface area contributed by atoms with Crippen molar-refractivity contribution in [2.45, 2.75) is 26.1 Å². The van der Waals surface area contributed by atoms with E-state index in [0.29, 0.717) is 13.1 Å². The van der Waals surface area contributed by atoms with Crippen molar-refractivity contribution in [3.8, 4) is 0 Å². The average molecular weight is 456 g/mol. The Morgan fingerprint density at radius 1 is 1.06 bits per heavy atom. The van der Waals surface area contributed by atoms with Gasteiger partial charge < -0.3 is 24.3 Å². The molecule has 0 aliphatic carbocycles. The van der Waals surface area contributed by atoms with Gasteiger partial charge in [-0.2, -0.15) is 0 Å². The summed E-state index contributed by atoms with van der Waals surface area (Å²) in [5, 5.41) is 7.07. The molecular weight excluding hydrogens is 430 g/mol. The van der Waals surface area contributed by atoms with Crippen molar-refractivity contribution >= 4 is 55.5 Å². The lowest BCUT2D eigenvalue weighted by molar-refractivity contribution is -0.150. The maximum absolute atomic E-state index is 13.1. The largest absolute Gasteiger partial charge is 0.469 e.